The predicted molar refractivity (Wildman–Crippen MR) is 44.3 cm³/mol. The average molecular weight is 148 g/mol. The van der Waals surface area contributed by atoms with Gasteiger partial charge in [-0.15, -0.1) is 0 Å². The minimum absolute atomic E-state index is 0.572. The van der Waals surface area contributed by atoms with Crippen LogP contribution < -0.4 is 5.32 Å². The average Bonchev–Trinajstić information content (AvgIpc) is 1.83. The predicted octanol–water partition coefficient (Wildman–Crippen LogP) is 1.42. The number of nitrogens with zero attached hydrogens (tertiary/aromatic N) is 1. The molecule has 2 rings (SSSR count). The highest BCUT2D eigenvalue weighted by Gasteiger charge is 2.17. The van der Waals surface area contributed by atoms with Crippen molar-refractivity contribution >= 4 is 0 Å². The van der Waals surface area contributed by atoms with Crippen LogP contribution in [-0.4, -0.2) is 11.5 Å². The molecule has 1 aromatic heterocycles. The Morgan fingerprint density at radius 2 is 2.36 bits per heavy atom. The van der Waals surface area contributed by atoms with Crippen molar-refractivity contribution in [3.8, 4) is 0 Å². The SMILES string of the molecule is Cc1cncc(C2CCN2)c1. The zero-order valence-corrected chi connectivity index (χ0v) is 6.67. The van der Waals surface area contributed by atoms with Gasteiger partial charge in [0, 0.05) is 18.4 Å². The first-order valence-corrected chi connectivity index (χ1v) is 4.01. The second-order valence-electron chi connectivity index (χ2n) is 3.09. The molecule has 0 spiro atoms. The van der Waals surface area contributed by atoms with Gasteiger partial charge in [-0.1, -0.05) is 6.07 Å². The molecule has 0 aromatic carbocycles. The maximum absolute atomic E-state index is 4.15. The molecule has 58 valence electrons. The van der Waals surface area contributed by atoms with E-state index >= 15 is 0 Å². The lowest BCUT2D eigenvalue weighted by molar-refractivity contribution is 0.382. The maximum atomic E-state index is 4.15. The second-order valence-corrected chi connectivity index (χ2v) is 3.09. The molecule has 0 bridgehead atoms. The van der Waals surface area contributed by atoms with Crippen LogP contribution in [0.2, 0.25) is 0 Å². The molecule has 1 unspecified atom stereocenters. The van der Waals surface area contributed by atoms with Gasteiger partial charge in [-0.3, -0.25) is 4.98 Å². The fourth-order valence-corrected chi connectivity index (χ4v) is 1.34. The van der Waals surface area contributed by atoms with Crippen LogP contribution in [0.4, 0.5) is 0 Å². The molecule has 0 amide bonds. The molecule has 1 fully saturated rings. The third kappa shape index (κ3) is 1.26. The maximum Gasteiger partial charge on any atom is 0.0347 e. The molecule has 2 nitrogen and oxygen atoms in total. The highest BCUT2D eigenvalue weighted by molar-refractivity contribution is 5.21. The minimum Gasteiger partial charge on any atom is -0.310 e. The van der Waals surface area contributed by atoms with Gasteiger partial charge in [0.2, 0.25) is 0 Å². The summed E-state index contributed by atoms with van der Waals surface area (Å²) in [5.74, 6) is 0. The van der Waals surface area contributed by atoms with E-state index in [1.807, 2.05) is 12.4 Å². The molecule has 1 saturated heterocycles. The minimum atomic E-state index is 0.572. The van der Waals surface area contributed by atoms with Gasteiger partial charge >= 0.3 is 0 Å². The van der Waals surface area contributed by atoms with E-state index in [0.717, 1.165) is 6.54 Å². The normalized spacial score (nSPS) is 22.8. The van der Waals surface area contributed by atoms with Crippen molar-refractivity contribution in [3.63, 3.8) is 0 Å². The summed E-state index contributed by atoms with van der Waals surface area (Å²) in [7, 11) is 0. The first kappa shape index (κ1) is 6.80. The van der Waals surface area contributed by atoms with Gasteiger partial charge in [0.25, 0.3) is 0 Å². The van der Waals surface area contributed by atoms with Crippen LogP contribution in [0.15, 0.2) is 18.5 Å². The van der Waals surface area contributed by atoms with E-state index in [0.29, 0.717) is 6.04 Å². The molecule has 2 heterocycles. The van der Waals surface area contributed by atoms with Crippen molar-refractivity contribution in [2.45, 2.75) is 19.4 Å². The van der Waals surface area contributed by atoms with E-state index < -0.39 is 0 Å². The summed E-state index contributed by atoms with van der Waals surface area (Å²) in [5, 5.41) is 3.35. The quantitative estimate of drug-likeness (QED) is 0.651. The van der Waals surface area contributed by atoms with Gasteiger partial charge in [-0.05, 0) is 31.0 Å². The molecule has 1 aliphatic rings. The Hall–Kier alpha value is -0.890. The zero-order valence-electron chi connectivity index (χ0n) is 6.67. The van der Waals surface area contributed by atoms with Gasteiger partial charge in [0.1, 0.15) is 0 Å². The largest absolute Gasteiger partial charge is 0.310 e. The molecular formula is C9H12N2. The summed E-state index contributed by atoms with van der Waals surface area (Å²) in [6, 6.07) is 2.77. The Morgan fingerprint density at radius 3 is 2.91 bits per heavy atom. The van der Waals surface area contributed by atoms with Crippen molar-refractivity contribution in [2.75, 3.05) is 6.54 Å². The molecule has 1 aliphatic heterocycles. The van der Waals surface area contributed by atoms with Crippen LogP contribution in [0.3, 0.4) is 0 Å². The van der Waals surface area contributed by atoms with E-state index in [1.165, 1.54) is 17.5 Å². The molecular weight excluding hydrogens is 136 g/mol. The van der Waals surface area contributed by atoms with Crippen molar-refractivity contribution in [2.24, 2.45) is 0 Å². The third-order valence-corrected chi connectivity index (χ3v) is 2.12. The molecule has 2 heteroatoms. The highest BCUT2D eigenvalue weighted by Crippen LogP contribution is 2.21. The standard InChI is InChI=1S/C9H12N2/c1-7-4-8(6-10-5-7)9-2-3-11-9/h4-6,9,11H,2-3H2,1H3. The summed E-state index contributed by atoms with van der Waals surface area (Å²) >= 11 is 0. The number of aromatic nitrogens is 1. The molecule has 1 aromatic rings. The Kier molecular flexibility index (Phi) is 1.62. The molecule has 1 N–H and O–H groups in total. The van der Waals surface area contributed by atoms with E-state index in [9.17, 15) is 0 Å². The van der Waals surface area contributed by atoms with E-state index in [1.54, 1.807) is 0 Å². The van der Waals surface area contributed by atoms with Gasteiger partial charge in [0.15, 0.2) is 0 Å². The first-order chi connectivity index (χ1) is 5.36. The van der Waals surface area contributed by atoms with Gasteiger partial charge in [-0.25, -0.2) is 0 Å². The number of hydrogen-bond donors (Lipinski definition) is 1. The van der Waals surface area contributed by atoms with Gasteiger partial charge in [-0.2, -0.15) is 0 Å². The summed E-state index contributed by atoms with van der Waals surface area (Å²) in [5.41, 5.74) is 2.58. The van der Waals surface area contributed by atoms with E-state index in [4.69, 9.17) is 0 Å². The van der Waals surface area contributed by atoms with Gasteiger partial charge in [0.05, 0.1) is 0 Å². The monoisotopic (exact) mass is 148 g/mol. The van der Waals surface area contributed by atoms with Crippen molar-refractivity contribution in [1.29, 1.82) is 0 Å². The fourth-order valence-electron chi connectivity index (χ4n) is 1.34. The van der Waals surface area contributed by atoms with Crippen LogP contribution in [0.25, 0.3) is 0 Å². The Labute approximate surface area is 66.7 Å². The Morgan fingerprint density at radius 1 is 1.55 bits per heavy atom. The van der Waals surface area contributed by atoms with E-state index in [2.05, 4.69) is 23.3 Å². The number of pyridine rings is 1. The molecule has 1 atom stereocenters. The summed E-state index contributed by atoms with van der Waals surface area (Å²) in [6.07, 6.45) is 5.09. The number of rotatable bonds is 1. The van der Waals surface area contributed by atoms with Crippen molar-refractivity contribution in [1.82, 2.24) is 10.3 Å². The number of hydrogen-bond acceptors (Lipinski definition) is 2. The highest BCUT2D eigenvalue weighted by atomic mass is 15.0. The van der Waals surface area contributed by atoms with Crippen LogP contribution in [0, 0.1) is 6.92 Å². The van der Waals surface area contributed by atoms with Crippen LogP contribution in [0.5, 0.6) is 0 Å². The Bertz CT molecular complexity index is 253. The third-order valence-electron chi connectivity index (χ3n) is 2.12. The van der Waals surface area contributed by atoms with E-state index in [-0.39, 0.29) is 0 Å². The summed E-state index contributed by atoms with van der Waals surface area (Å²) in [4.78, 5) is 4.15. The summed E-state index contributed by atoms with van der Waals surface area (Å²) in [6.45, 7) is 3.23. The molecule has 0 radical (unpaired) electrons. The fraction of sp³-hybridized carbons (Fsp3) is 0.444. The van der Waals surface area contributed by atoms with Crippen LogP contribution >= 0.6 is 0 Å². The number of nitrogens with one attached hydrogen (secondary N) is 1. The molecule has 0 saturated carbocycles. The first-order valence-electron chi connectivity index (χ1n) is 4.01. The van der Waals surface area contributed by atoms with Gasteiger partial charge < -0.3 is 5.32 Å². The lowest BCUT2D eigenvalue weighted by Gasteiger charge is -2.27. The Balaban J connectivity index is 2.23. The second kappa shape index (κ2) is 2.62. The zero-order chi connectivity index (χ0) is 7.68. The van der Waals surface area contributed by atoms with Crippen LogP contribution in [0.1, 0.15) is 23.6 Å². The smallest absolute Gasteiger partial charge is 0.0347 e. The molecule has 11 heavy (non-hydrogen) atoms. The van der Waals surface area contributed by atoms with Crippen LogP contribution in [-0.2, 0) is 0 Å². The van der Waals surface area contributed by atoms with Crippen molar-refractivity contribution in [3.05, 3.63) is 29.6 Å². The lowest BCUT2D eigenvalue weighted by atomic mass is 9.99. The number of aryl methyl sites for hydroxylation is 1. The summed E-state index contributed by atoms with van der Waals surface area (Å²) < 4.78 is 0. The van der Waals surface area contributed by atoms with Crippen molar-refractivity contribution < 1.29 is 0 Å². The lowest BCUT2D eigenvalue weighted by Crippen LogP contribution is -2.34. The topological polar surface area (TPSA) is 24.9 Å². The molecule has 0 aliphatic carbocycles.